The van der Waals surface area contributed by atoms with E-state index in [-0.39, 0.29) is 11.6 Å². The molecule has 112 valence electrons. The van der Waals surface area contributed by atoms with Crippen LogP contribution in [0.15, 0.2) is 29.8 Å². The van der Waals surface area contributed by atoms with Gasteiger partial charge in [0.05, 0.1) is 4.92 Å². The molecule has 1 heterocycles. The number of amides is 1. The molecule has 0 atom stereocenters. The molecule has 1 amide bonds. The van der Waals surface area contributed by atoms with Gasteiger partial charge in [-0.1, -0.05) is 17.7 Å². The van der Waals surface area contributed by atoms with Gasteiger partial charge in [-0.05, 0) is 31.9 Å². The summed E-state index contributed by atoms with van der Waals surface area (Å²) in [5.41, 5.74) is 2.37. The first-order valence-corrected chi connectivity index (χ1v) is 7.00. The predicted octanol–water partition coefficient (Wildman–Crippen LogP) is 1.94. The highest BCUT2D eigenvalue weighted by Gasteiger charge is 2.14. The lowest BCUT2D eigenvalue weighted by molar-refractivity contribution is -0.384. The Hall–Kier alpha value is -2.21. The van der Waals surface area contributed by atoms with Crippen LogP contribution in [-0.4, -0.2) is 30.5 Å². The zero-order chi connectivity index (χ0) is 15.2. The van der Waals surface area contributed by atoms with Crippen LogP contribution < -0.4 is 10.6 Å². The number of nitro groups is 1. The third-order valence-corrected chi connectivity index (χ3v) is 3.57. The summed E-state index contributed by atoms with van der Waals surface area (Å²) in [5, 5.41) is 16.8. The van der Waals surface area contributed by atoms with Crippen molar-refractivity contribution in [2.45, 2.75) is 19.8 Å². The van der Waals surface area contributed by atoms with Crippen molar-refractivity contribution >= 4 is 11.6 Å². The zero-order valence-corrected chi connectivity index (χ0v) is 12.0. The monoisotopic (exact) mass is 289 g/mol. The van der Waals surface area contributed by atoms with E-state index in [1.165, 1.54) is 17.7 Å². The Bertz CT molecular complexity index is 582. The maximum atomic E-state index is 12.1. The lowest BCUT2D eigenvalue weighted by Gasteiger charge is -2.14. The van der Waals surface area contributed by atoms with Crippen molar-refractivity contribution in [3.05, 3.63) is 51.1 Å². The summed E-state index contributed by atoms with van der Waals surface area (Å²) in [6.07, 6.45) is 3.97. The fourth-order valence-electron chi connectivity index (χ4n) is 2.30. The Morgan fingerprint density at radius 1 is 1.48 bits per heavy atom. The normalized spacial score (nSPS) is 14.4. The highest BCUT2D eigenvalue weighted by molar-refractivity contribution is 5.96. The van der Waals surface area contributed by atoms with Crippen molar-refractivity contribution in [3.63, 3.8) is 0 Å². The summed E-state index contributed by atoms with van der Waals surface area (Å²) in [6.45, 7) is 4.18. The summed E-state index contributed by atoms with van der Waals surface area (Å²) < 4.78 is 0. The van der Waals surface area contributed by atoms with Crippen LogP contribution in [0.25, 0.3) is 0 Å². The Labute approximate surface area is 123 Å². The molecule has 0 saturated carbocycles. The molecule has 1 aromatic rings. The Morgan fingerprint density at radius 3 is 2.95 bits per heavy atom. The van der Waals surface area contributed by atoms with Gasteiger partial charge >= 0.3 is 0 Å². The highest BCUT2D eigenvalue weighted by Crippen LogP contribution is 2.17. The molecule has 1 aliphatic heterocycles. The molecule has 21 heavy (non-hydrogen) atoms. The molecule has 0 aromatic heterocycles. The molecular weight excluding hydrogens is 270 g/mol. The molecule has 2 rings (SSSR count). The van der Waals surface area contributed by atoms with E-state index in [1.807, 2.05) is 0 Å². The minimum Gasteiger partial charge on any atom is -0.352 e. The maximum absolute atomic E-state index is 12.1. The Balaban J connectivity index is 1.95. The molecule has 0 fully saturated rings. The van der Waals surface area contributed by atoms with E-state index >= 15 is 0 Å². The molecule has 0 unspecified atom stereocenters. The van der Waals surface area contributed by atoms with E-state index in [1.54, 1.807) is 13.0 Å². The van der Waals surface area contributed by atoms with Crippen molar-refractivity contribution in [2.75, 3.05) is 19.6 Å². The van der Waals surface area contributed by atoms with E-state index in [0.29, 0.717) is 12.1 Å². The van der Waals surface area contributed by atoms with Crippen LogP contribution in [-0.2, 0) is 0 Å². The first kappa shape index (κ1) is 15.2. The van der Waals surface area contributed by atoms with Crippen LogP contribution in [0.5, 0.6) is 0 Å². The minimum atomic E-state index is -0.490. The second-order valence-corrected chi connectivity index (χ2v) is 5.08. The van der Waals surface area contributed by atoms with Crippen LogP contribution in [0.3, 0.4) is 0 Å². The Morgan fingerprint density at radius 2 is 2.29 bits per heavy atom. The minimum absolute atomic E-state index is 0.0631. The van der Waals surface area contributed by atoms with Gasteiger partial charge in [0, 0.05) is 30.8 Å². The van der Waals surface area contributed by atoms with Crippen molar-refractivity contribution < 1.29 is 9.72 Å². The van der Waals surface area contributed by atoms with Gasteiger partial charge in [-0.3, -0.25) is 14.9 Å². The predicted molar refractivity (Wildman–Crippen MR) is 80.4 cm³/mol. The maximum Gasteiger partial charge on any atom is 0.270 e. The number of benzene rings is 1. The number of aryl methyl sites for hydroxylation is 1. The van der Waals surface area contributed by atoms with Crippen LogP contribution in [0, 0.1) is 17.0 Å². The van der Waals surface area contributed by atoms with Gasteiger partial charge in [0.15, 0.2) is 0 Å². The largest absolute Gasteiger partial charge is 0.352 e. The summed E-state index contributed by atoms with van der Waals surface area (Å²) >= 11 is 0. The average Bonchev–Trinajstić information content (AvgIpc) is 2.48. The SMILES string of the molecule is Cc1ccc([N+](=O)[O-])cc1C(=O)NCCC1=CCNCC1. The lowest BCUT2D eigenvalue weighted by atomic mass is 10.1. The van der Waals surface area contributed by atoms with E-state index in [9.17, 15) is 14.9 Å². The number of hydrogen-bond donors (Lipinski definition) is 2. The molecule has 0 saturated heterocycles. The molecule has 6 heteroatoms. The molecule has 0 spiro atoms. The first-order valence-electron chi connectivity index (χ1n) is 7.00. The van der Waals surface area contributed by atoms with Gasteiger partial charge in [-0.2, -0.15) is 0 Å². The van der Waals surface area contributed by atoms with Gasteiger partial charge in [0.25, 0.3) is 11.6 Å². The van der Waals surface area contributed by atoms with Crippen molar-refractivity contribution in [3.8, 4) is 0 Å². The fraction of sp³-hybridized carbons (Fsp3) is 0.400. The molecule has 6 nitrogen and oxygen atoms in total. The average molecular weight is 289 g/mol. The summed E-state index contributed by atoms with van der Waals surface area (Å²) in [7, 11) is 0. The highest BCUT2D eigenvalue weighted by atomic mass is 16.6. The van der Waals surface area contributed by atoms with Crippen molar-refractivity contribution in [1.82, 2.24) is 10.6 Å². The zero-order valence-electron chi connectivity index (χ0n) is 12.0. The number of hydrogen-bond acceptors (Lipinski definition) is 4. The molecule has 1 aromatic carbocycles. The number of carbonyl (C=O) groups excluding carboxylic acids is 1. The van der Waals surface area contributed by atoms with Crippen molar-refractivity contribution in [2.24, 2.45) is 0 Å². The van der Waals surface area contributed by atoms with Crippen LogP contribution in [0.1, 0.15) is 28.8 Å². The van der Waals surface area contributed by atoms with E-state index in [0.717, 1.165) is 31.5 Å². The lowest BCUT2D eigenvalue weighted by Crippen LogP contribution is -2.27. The Kier molecular flexibility index (Phi) is 5.05. The topological polar surface area (TPSA) is 84.3 Å². The second kappa shape index (κ2) is 6.99. The number of rotatable bonds is 5. The summed E-state index contributed by atoms with van der Waals surface area (Å²) in [6, 6.07) is 4.34. The molecular formula is C15H19N3O3. The van der Waals surface area contributed by atoms with Gasteiger partial charge < -0.3 is 10.6 Å². The van der Waals surface area contributed by atoms with Gasteiger partial charge in [0.1, 0.15) is 0 Å². The van der Waals surface area contributed by atoms with E-state index < -0.39 is 4.92 Å². The third kappa shape index (κ3) is 4.13. The summed E-state index contributed by atoms with van der Waals surface area (Å²) in [4.78, 5) is 22.4. The smallest absolute Gasteiger partial charge is 0.270 e. The number of nitro benzene ring substituents is 1. The second-order valence-electron chi connectivity index (χ2n) is 5.08. The number of non-ortho nitro benzene ring substituents is 1. The molecule has 1 aliphatic rings. The number of carbonyl (C=O) groups is 1. The van der Waals surface area contributed by atoms with Crippen LogP contribution >= 0.6 is 0 Å². The molecule has 0 bridgehead atoms. The number of nitrogens with zero attached hydrogens (tertiary/aromatic N) is 1. The van der Waals surface area contributed by atoms with Crippen LogP contribution in [0.4, 0.5) is 5.69 Å². The van der Waals surface area contributed by atoms with E-state index in [4.69, 9.17) is 0 Å². The van der Waals surface area contributed by atoms with Gasteiger partial charge in [-0.25, -0.2) is 0 Å². The summed E-state index contributed by atoms with van der Waals surface area (Å²) in [5.74, 6) is -0.259. The first-order chi connectivity index (χ1) is 10.1. The van der Waals surface area contributed by atoms with Gasteiger partial charge in [0.2, 0.25) is 0 Å². The number of nitrogens with one attached hydrogen (secondary N) is 2. The quantitative estimate of drug-likeness (QED) is 0.493. The standard InChI is InChI=1S/C15H19N3O3/c1-11-2-3-13(18(20)21)10-14(11)15(19)17-9-6-12-4-7-16-8-5-12/h2-4,10,16H,5-9H2,1H3,(H,17,19). The van der Waals surface area contributed by atoms with Crippen molar-refractivity contribution in [1.29, 1.82) is 0 Å². The third-order valence-electron chi connectivity index (χ3n) is 3.57. The molecule has 0 aliphatic carbocycles. The van der Waals surface area contributed by atoms with E-state index in [2.05, 4.69) is 16.7 Å². The fourth-order valence-corrected chi connectivity index (χ4v) is 2.30. The van der Waals surface area contributed by atoms with Gasteiger partial charge in [-0.15, -0.1) is 0 Å². The van der Waals surface area contributed by atoms with Crippen LogP contribution in [0.2, 0.25) is 0 Å². The molecule has 0 radical (unpaired) electrons. The molecule has 2 N–H and O–H groups in total.